The predicted molar refractivity (Wildman–Crippen MR) is 219 cm³/mol. The Morgan fingerprint density at radius 1 is 1.09 bits per heavy atom. The summed E-state index contributed by atoms with van der Waals surface area (Å²) in [7, 11) is -2.28. The number of piperidine rings is 1. The van der Waals surface area contributed by atoms with Crippen LogP contribution in [0.3, 0.4) is 0 Å². The number of aliphatic imine (C=N–C) groups is 1. The molecule has 2 saturated heterocycles. The number of ether oxygens (including phenoxy) is 2. The van der Waals surface area contributed by atoms with Crippen LogP contribution in [0.15, 0.2) is 83.8 Å². The van der Waals surface area contributed by atoms with Gasteiger partial charge in [-0.2, -0.15) is 0 Å². The van der Waals surface area contributed by atoms with Gasteiger partial charge in [0.1, 0.15) is 35.2 Å². The smallest absolute Gasteiger partial charge is 0.256 e. The third-order valence-corrected chi connectivity index (χ3v) is 14.4. The van der Waals surface area contributed by atoms with E-state index in [1.807, 2.05) is 74.2 Å². The summed E-state index contributed by atoms with van der Waals surface area (Å²) in [5.74, 6) is -2.04. The second-order valence-corrected chi connectivity index (χ2v) is 19.7. The molecule has 13 nitrogen and oxygen atoms in total. The van der Waals surface area contributed by atoms with E-state index in [0.717, 1.165) is 30.5 Å². The van der Waals surface area contributed by atoms with Gasteiger partial charge in [0.2, 0.25) is 27.7 Å². The fourth-order valence-electron chi connectivity index (χ4n) is 8.85. The first-order valence-corrected chi connectivity index (χ1v) is 22.2. The average Bonchev–Trinajstić information content (AvgIpc) is 4.13. The van der Waals surface area contributed by atoms with Crippen LogP contribution in [0.25, 0.3) is 0 Å². The highest BCUT2D eigenvalue weighted by atomic mass is 32.2. The number of nitrogens with zero attached hydrogens (tertiary/aromatic N) is 3. The summed E-state index contributed by atoms with van der Waals surface area (Å²) in [4.78, 5) is 65.2. The van der Waals surface area contributed by atoms with E-state index in [1.165, 1.54) is 11.0 Å². The van der Waals surface area contributed by atoms with Crippen molar-refractivity contribution in [3.8, 4) is 0 Å². The molecule has 14 heteroatoms. The maximum absolute atomic E-state index is 14.9. The van der Waals surface area contributed by atoms with Crippen LogP contribution < -0.4 is 10.0 Å². The Labute approximate surface area is 342 Å². The number of sulfonamides is 1. The second kappa shape index (κ2) is 16.1. The molecule has 312 valence electrons. The van der Waals surface area contributed by atoms with Gasteiger partial charge in [0, 0.05) is 43.8 Å². The van der Waals surface area contributed by atoms with Gasteiger partial charge in [-0.3, -0.25) is 28.9 Å². The number of hydrogen-bond acceptors (Lipinski definition) is 9. The van der Waals surface area contributed by atoms with Gasteiger partial charge in [-0.1, -0.05) is 70.2 Å². The van der Waals surface area contributed by atoms with E-state index in [1.54, 1.807) is 14.0 Å². The SMILES string of the molecule is C=CC(C)[C@@H](NC(=O)[C@@H]1CC(OC2=CC(c3ccccc3)=NC34C=C(OC)C=CC3C24)CN1C(=O)C(CC(=O)N1CCCCC1)C(C)(C)C)C(=O)NS(=O)(=O)C1CC1. The largest absolute Gasteiger partial charge is 0.497 e. The van der Waals surface area contributed by atoms with Crippen molar-refractivity contribution in [2.75, 3.05) is 26.7 Å². The molecule has 6 unspecified atom stereocenters. The van der Waals surface area contributed by atoms with Gasteiger partial charge in [0.25, 0.3) is 5.91 Å². The predicted octanol–water partition coefficient (Wildman–Crippen LogP) is 4.42. The fraction of sp³-hybridized carbons (Fsp3) is 0.568. The lowest BCUT2D eigenvalue weighted by molar-refractivity contribution is -0.148. The van der Waals surface area contributed by atoms with E-state index >= 15 is 0 Å². The van der Waals surface area contributed by atoms with Gasteiger partial charge in [-0.05, 0) is 55.2 Å². The molecule has 0 radical (unpaired) electrons. The molecule has 1 aromatic rings. The summed E-state index contributed by atoms with van der Waals surface area (Å²) >= 11 is 0. The lowest BCUT2D eigenvalue weighted by Crippen LogP contribution is -2.57. The minimum Gasteiger partial charge on any atom is -0.497 e. The van der Waals surface area contributed by atoms with Gasteiger partial charge < -0.3 is 24.6 Å². The number of carbonyl (C=O) groups is 4. The molecule has 58 heavy (non-hydrogen) atoms. The van der Waals surface area contributed by atoms with Gasteiger partial charge in [0.15, 0.2) is 0 Å². The lowest BCUT2D eigenvalue weighted by Gasteiger charge is -2.36. The molecule has 4 amide bonds. The zero-order valence-electron chi connectivity index (χ0n) is 34.2. The molecule has 1 spiro atoms. The van der Waals surface area contributed by atoms with Crippen LogP contribution in [0.5, 0.6) is 0 Å². The minimum atomic E-state index is -3.90. The highest BCUT2D eigenvalue weighted by molar-refractivity contribution is 7.90. The number of dihydropyridines is 1. The third kappa shape index (κ3) is 8.39. The van der Waals surface area contributed by atoms with E-state index < -0.39 is 68.1 Å². The van der Waals surface area contributed by atoms with E-state index in [0.29, 0.717) is 37.4 Å². The molecule has 3 aliphatic heterocycles. The second-order valence-electron chi connectivity index (χ2n) is 17.7. The molecular formula is C44H57N5O8S. The molecular weight excluding hydrogens is 759 g/mol. The molecule has 1 aromatic carbocycles. The molecule has 2 saturated carbocycles. The normalized spacial score (nSPS) is 28.0. The average molecular weight is 816 g/mol. The first-order valence-electron chi connectivity index (χ1n) is 20.6. The molecule has 3 heterocycles. The molecule has 6 aliphatic rings. The Kier molecular flexibility index (Phi) is 11.5. The van der Waals surface area contributed by atoms with Crippen LogP contribution in [-0.2, 0) is 38.7 Å². The first kappa shape index (κ1) is 41.4. The number of likely N-dealkylation sites (tertiary alicyclic amines) is 2. The Hall–Kier alpha value is -4.72. The summed E-state index contributed by atoms with van der Waals surface area (Å²) in [6.07, 6.45) is 12.8. The number of hydrogen-bond donors (Lipinski definition) is 2. The number of rotatable bonds is 14. The van der Waals surface area contributed by atoms with E-state index in [2.05, 4.69) is 22.7 Å². The summed E-state index contributed by atoms with van der Waals surface area (Å²) in [5.41, 5.74) is 0.420. The number of allylic oxidation sites excluding steroid dienone is 2. The Morgan fingerprint density at radius 3 is 2.43 bits per heavy atom. The molecule has 0 bridgehead atoms. The summed E-state index contributed by atoms with van der Waals surface area (Å²) in [5, 5.41) is 2.15. The van der Waals surface area contributed by atoms with Crippen LogP contribution in [0.1, 0.15) is 78.2 Å². The van der Waals surface area contributed by atoms with Gasteiger partial charge in [0.05, 0.1) is 36.5 Å². The standard InChI is InChI=1S/C44H57N5O8S/c1-7-27(2)39(41(52)47-58(54,55)31-17-18-31)45-40(51)35-22-30(26-49(35)42(53)33(43(3,4)5)23-37(50)48-20-12-9-13-21-48)57-36-24-34(28-14-10-8-11-15-28)46-44-25-29(56-6)16-19-32(44)38(36)44/h7-8,10-11,14-16,19,24-25,27,30-33,35,38-39H,1,9,12-13,17-18,20-23,26H2,2-6H3,(H,45,51)(H,47,52)/t27?,30?,32?,33?,35-,38?,39+,44?/m0/s1. The van der Waals surface area contributed by atoms with Crippen LogP contribution >= 0.6 is 0 Å². The number of fused-ring (bicyclic) bond motifs is 1. The van der Waals surface area contributed by atoms with Crippen molar-refractivity contribution in [2.24, 2.45) is 34.1 Å². The van der Waals surface area contributed by atoms with Crippen LogP contribution in [-0.4, -0.2) is 103 Å². The van der Waals surface area contributed by atoms with E-state index in [4.69, 9.17) is 14.5 Å². The molecule has 2 N–H and O–H groups in total. The summed E-state index contributed by atoms with van der Waals surface area (Å²) < 4.78 is 40.2. The zero-order chi connectivity index (χ0) is 41.6. The van der Waals surface area contributed by atoms with Gasteiger partial charge in [-0.15, -0.1) is 6.58 Å². The number of methoxy groups -OCH3 is 1. The fourth-order valence-corrected chi connectivity index (χ4v) is 10.2. The van der Waals surface area contributed by atoms with Gasteiger partial charge in [-0.25, -0.2) is 8.42 Å². The van der Waals surface area contributed by atoms with Crippen molar-refractivity contribution in [2.45, 2.75) is 102 Å². The third-order valence-electron chi connectivity index (χ3n) is 12.6. The molecule has 0 aromatic heterocycles. The maximum atomic E-state index is 14.9. The van der Waals surface area contributed by atoms with Gasteiger partial charge >= 0.3 is 0 Å². The molecule has 8 atom stereocenters. The van der Waals surface area contributed by atoms with Crippen LogP contribution in [0.2, 0.25) is 0 Å². The quantitative estimate of drug-likeness (QED) is 0.261. The molecule has 7 rings (SSSR count). The summed E-state index contributed by atoms with van der Waals surface area (Å²) in [6, 6.07) is 7.46. The number of nitrogens with one attached hydrogen (secondary N) is 2. The van der Waals surface area contributed by atoms with Crippen molar-refractivity contribution >= 4 is 39.4 Å². The Bertz CT molecular complexity index is 2040. The maximum Gasteiger partial charge on any atom is 0.256 e. The number of amides is 4. The minimum absolute atomic E-state index is 0.00885. The highest BCUT2D eigenvalue weighted by Crippen LogP contribution is 2.63. The topological polar surface area (TPSA) is 164 Å². The van der Waals surface area contributed by atoms with E-state index in [-0.39, 0.29) is 43.0 Å². The monoisotopic (exact) mass is 815 g/mol. The van der Waals surface area contributed by atoms with Crippen molar-refractivity contribution in [3.63, 3.8) is 0 Å². The van der Waals surface area contributed by atoms with Crippen LogP contribution in [0, 0.1) is 29.1 Å². The van der Waals surface area contributed by atoms with E-state index in [9.17, 15) is 27.6 Å². The molecule has 4 fully saturated rings. The van der Waals surface area contributed by atoms with Crippen molar-refractivity contribution in [1.29, 1.82) is 0 Å². The Balaban J connectivity index is 1.19. The number of benzene rings is 1. The Morgan fingerprint density at radius 2 is 1.79 bits per heavy atom. The van der Waals surface area contributed by atoms with Crippen LogP contribution in [0.4, 0.5) is 0 Å². The van der Waals surface area contributed by atoms with Crippen molar-refractivity contribution in [1.82, 2.24) is 19.8 Å². The highest BCUT2D eigenvalue weighted by Gasteiger charge is 2.68. The first-order chi connectivity index (χ1) is 27.6. The summed E-state index contributed by atoms with van der Waals surface area (Å²) in [6.45, 7) is 12.6. The molecule has 3 aliphatic carbocycles. The van der Waals surface area contributed by atoms with Crippen molar-refractivity contribution < 1.29 is 37.1 Å². The van der Waals surface area contributed by atoms with Crippen molar-refractivity contribution in [3.05, 3.63) is 84.4 Å². The lowest BCUT2D eigenvalue weighted by atomic mass is 9.77. The number of carbonyl (C=O) groups excluding carboxylic acids is 4. The zero-order valence-corrected chi connectivity index (χ0v) is 35.0.